The maximum absolute atomic E-state index is 3.92. The molecule has 19 heavy (non-hydrogen) atoms. The summed E-state index contributed by atoms with van der Waals surface area (Å²) in [4.78, 5) is 0. The van der Waals surface area contributed by atoms with Crippen LogP contribution in [0, 0.1) is 0 Å². The predicted molar refractivity (Wildman–Crippen MR) is 74.3 cm³/mol. The number of benzene rings is 1. The lowest BCUT2D eigenvalue weighted by Gasteiger charge is -2.18. The Hall–Kier alpha value is -1.91. The highest BCUT2D eigenvalue weighted by Gasteiger charge is 2.12. The number of anilines is 1. The summed E-state index contributed by atoms with van der Waals surface area (Å²) in [5.74, 6) is 0. The first-order chi connectivity index (χ1) is 9.42. The van der Waals surface area contributed by atoms with Crippen LogP contribution in [-0.2, 0) is 0 Å². The van der Waals surface area contributed by atoms with Gasteiger partial charge in [0.1, 0.15) is 6.33 Å². The van der Waals surface area contributed by atoms with Crippen molar-refractivity contribution in [2.75, 3.05) is 5.32 Å². The fraction of sp³-hybridized carbons (Fsp3) is 0.500. The SMILES string of the molecule is c1cc(NC2CCCCCC2)cc(-n2cnnn2)c1. The number of hydrogen-bond acceptors (Lipinski definition) is 4. The average Bonchev–Trinajstić information content (AvgIpc) is 2.86. The molecule has 5 heteroatoms. The Balaban J connectivity index is 1.72. The van der Waals surface area contributed by atoms with Gasteiger partial charge in [0.15, 0.2) is 0 Å². The van der Waals surface area contributed by atoms with Crippen molar-refractivity contribution >= 4 is 5.69 Å². The Morgan fingerprint density at radius 2 is 1.95 bits per heavy atom. The first kappa shape index (κ1) is 12.1. The number of aromatic nitrogens is 4. The molecule has 1 fully saturated rings. The molecular weight excluding hydrogens is 238 g/mol. The van der Waals surface area contributed by atoms with E-state index in [1.165, 1.54) is 38.5 Å². The van der Waals surface area contributed by atoms with Gasteiger partial charge < -0.3 is 5.32 Å². The van der Waals surface area contributed by atoms with E-state index in [2.05, 4.69) is 33.0 Å². The minimum absolute atomic E-state index is 0.603. The zero-order valence-electron chi connectivity index (χ0n) is 11.0. The van der Waals surface area contributed by atoms with E-state index in [9.17, 15) is 0 Å². The van der Waals surface area contributed by atoms with Crippen molar-refractivity contribution in [3.63, 3.8) is 0 Å². The molecule has 0 amide bonds. The molecule has 0 aliphatic heterocycles. The summed E-state index contributed by atoms with van der Waals surface area (Å²) in [6.07, 6.45) is 9.59. The third kappa shape index (κ3) is 3.10. The zero-order valence-corrected chi connectivity index (χ0v) is 11.0. The summed E-state index contributed by atoms with van der Waals surface area (Å²) in [7, 11) is 0. The number of tetrazole rings is 1. The van der Waals surface area contributed by atoms with E-state index in [0.717, 1.165) is 11.4 Å². The minimum atomic E-state index is 0.603. The lowest BCUT2D eigenvalue weighted by Crippen LogP contribution is -2.18. The molecule has 1 aromatic carbocycles. The van der Waals surface area contributed by atoms with Gasteiger partial charge in [-0.05, 0) is 41.5 Å². The number of nitrogens with one attached hydrogen (secondary N) is 1. The van der Waals surface area contributed by atoms with Crippen LogP contribution in [0.5, 0.6) is 0 Å². The van der Waals surface area contributed by atoms with Crippen LogP contribution in [0.3, 0.4) is 0 Å². The van der Waals surface area contributed by atoms with Crippen LogP contribution in [0.1, 0.15) is 38.5 Å². The molecule has 100 valence electrons. The predicted octanol–water partition coefficient (Wildman–Crippen LogP) is 2.80. The molecule has 0 bridgehead atoms. The largest absolute Gasteiger partial charge is 0.382 e. The lowest BCUT2D eigenvalue weighted by atomic mass is 10.1. The van der Waals surface area contributed by atoms with E-state index in [-0.39, 0.29) is 0 Å². The van der Waals surface area contributed by atoms with Gasteiger partial charge in [0.2, 0.25) is 0 Å². The summed E-state index contributed by atoms with van der Waals surface area (Å²) in [5, 5.41) is 14.9. The Bertz CT molecular complexity index is 500. The van der Waals surface area contributed by atoms with Gasteiger partial charge in [-0.2, -0.15) is 0 Å². The summed E-state index contributed by atoms with van der Waals surface area (Å²) < 4.78 is 1.68. The van der Waals surface area contributed by atoms with Crippen LogP contribution in [0.2, 0.25) is 0 Å². The fourth-order valence-electron chi connectivity index (χ4n) is 2.68. The molecule has 1 saturated carbocycles. The monoisotopic (exact) mass is 257 g/mol. The van der Waals surface area contributed by atoms with E-state index < -0.39 is 0 Å². The highest BCUT2D eigenvalue weighted by molar-refractivity contribution is 5.51. The fourth-order valence-corrected chi connectivity index (χ4v) is 2.68. The van der Waals surface area contributed by atoms with E-state index in [0.29, 0.717) is 6.04 Å². The molecule has 0 saturated heterocycles. The van der Waals surface area contributed by atoms with Gasteiger partial charge in [0.05, 0.1) is 5.69 Å². The first-order valence-electron chi connectivity index (χ1n) is 7.02. The van der Waals surface area contributed by atoms with Crippen molar-refractivity contribution in [3.05, 3.63) is 30.6 Å². The molecule has 2 aromatic rings. The molecule has 0 atom stereocenters. The molecule has 1 N–H and O–H groups in total. The molecule has 1 heterocycles. The molecule has 1 aromatic heterocycles. The number of hydrogen-bond donors (Lipinski definition) is 1. The van der Waals surface area contributed by atoms with E-state index in [4.69, 9.17) is 0 Å². The summed E-state index contributed by atoms with van der Waals surface area (Å²) in [6.45, 7) is 0. The van der Waals surface area contributed by atoms with Crippen LogP contribution < -0.4 is 5.32 Å². The second kappa shape index (κ2) is 5.82. The topological polar surface area (TPSA) is 55.6 Å². The molecular formula is C14H19N5. The van der Waals surface area contributed by atoms with Crippen molar-refractivity contribution < 1.29 is 0 Å². The second-order valence-corrected chi connectivity index (χ2v) is 5.14. The molecule has 0 radical (unpaired) electrons. The van der Waals surface area contributed by atoms with E-state index in [1.54, 1.807) is 11.0 Å². The Morgan fingerprint density at radius 1 is 1.11 bits per heavy atom. The number of nitrogens with zero attached hydrogens (tertiary/aromatic N) is 4. The standard InChI is InChI=1S/C14H19N5/c1-2-4-7-12(6-3-1)16-13-8-5-9-14(10-13)19-11-15-17-18-19/h5,8-12,16H,1-4,6-7H2. The van der Waals surface area contributed by atoms with Crippen LogP contribution in [0.25, 0.3) is 5.69 Å². The Labute approximate surface area is 113 Å². The van der Waals surface area contributed by atoms with Crippen molar-refractivity contribution in [1.29, 1.82) is 0 Å². The van der Waals surface area contributed by atoms with Gasteiger partial charge >= 0.3 is 0 Å². The third-order valence-electron chi connectivity index (χ3n) is 3.69. The molecule has 5 nitrogen and oxygen atoms in total. The van der Waals surface area contributed by atoms with Crippen LogP contribution in [-0.4, -0.2) is 26.2 Å². The van der Waals surface area contributed by atoms with Gasteiger partial charge in [-0.1, -0.05) is 31.7 Å². The van der Waals surface area contributed by atoms with Crippen LogP contribution in [0.15, 0.2) is 30.6 Å². The van der Waals surface area contributed by atoms with E-state index in [1.807, 2.05) is 12.1 Å². The molecule has 1 aliphatic rings. The van der Waals surface area contributed by atoms with Crippen molar-refractivity contribution in [2.24, 2.45) is 0 Å². The maximum Gasteiger partial charge on any atom is 0.143 e. The van der Waals surface area contributed by atoms with E-state index >= 15 is 0 Å². The lowest BCUT2D eigenvalue weighted by molar-refractivity contribution is 0.620. The smallest absolute Gasteiger partial charge is 0.143 e. The second-order valence-electron chi connectivity index (χ2n) is 5.14. The highest BCUT2D eigenvalue weighted by atomic mass is 15.5. The van der Waals surface area contributed by atoms with Crippen molar-refractivity contribution in [2.45, 2.75) is 44.6 Å². The summed E-state index contributed by atoms with van der Waals surface area (Å²) >= 11 is 0. The third-order valence-corrected chi connectivity index (χ3v) is 3.69. The normalized spacial score (nSPS) is 17.1. The maximum atomic E-state index is 3.92. The Morgan fingerprint density at radius 3 is 2.68 bits per heavy atom. The van der Waals surface area contributed by atoms with Crippen LogP contribution >= 0.6 is 0 Å². The highest BCUT2D eigenvalue weighted by Crippen LogP contribution is 2.22. The van der Waals surface area contributed by atoms with Crippen molar-refractivity contribution in [1.82, 2.24) is 20.2 Å². The van der Waals surface area contributed by atoms with Gasteiger partial charge in [-0.25, -0.2) is 4.68 Å². The first-order valence-corrected chi connectivity index (χ1v) is 7.02. The minimum Gasteiger partial charge on any atom is -0.382 e. The summed E-state index contributed by atoms with van der Waals surface area (Å²) in [6, 6.07) is 8.86. The Kier molecular flexibility index (Phi) is 3.72. The van der Waals surface area contributed by atoms with Crippen molar-refractivity contribution in [3.8, 4) is 5.69 Å². The zero-order chi connectivity index (χ0) is 12.9. The molecule has 3 rings (SSSR count). The van der Waals surface area contributed by atoms with Gasteiger partial charge in [0, 0.05) is 11.7 Å². The van der Waals surface area contributed by atoms with Gasteiger partial charge in [-0.15, -0.1) is 5.10 Å². The van der Waals surface area contributed by atoms with Gasteiger partial charge in [0.25, 0.3) is 0 Å². The summed E-state index contributed by atoms with van der Waals surface area (Å²) in [5.41, 5.74) is 2.14. The number of rotatable bonds is 3. The average molecular weight is 257 g/mol. The quantitative estimate of drug-likeness (QED) is 0.859. The van der Waals surface area contributed by atoms with Gasteiger partial charge in [-0.3, -0.25) is 0 Å². The molecule has 0 spiro atoms. The molecule has 1 aliphatic carbocycles. The molecule has 0 unspecified atom stereocenters. The van der Waals surface area contributed by atoms with Crippen LogP contribution in [0.4, 0.5) is 5.69 Å².